The Kier molecular flexibility index (Phi) is 3.90. The molecule has 0 bridgehead atoms. The molecule has 0 unspecified atom stereocenters. The van der Waals surface area contributed by atoms with E-state index in [9.17, 15) is 4.79 Å². The lowest BCUT2D eigenvalue weighted by Gasteiger charge is -2.03. The van der Waals surface area contributed by atoms with Crippen molar-refractivity contribution in [3.8, 4) is 0 Å². The number of rotatable bonds is 3. The van der Waals surface area contributed by atoms with Gasteiger partial charge in [0.2, 0.25) is 0 Å². The smallest absolute Gasteiger partial charge is 0.165 e. The van der Waals surface area contributed by atoms with Crippen molar-refractivity contribution < 1.29 is 4.79 Å². The highest BCUT2D eigenvalue weighted by molar-refractivity contribution is 9.10. The zero-order valence-electron chi connectivity index (χ0n) is 6.89. The molecule has 2 N–H and O–H groups in total. The summed E-state index contributed by atoms with van der Waals surface area (Å²) in [4.78, 5) is 11.4. The van der Waals surface area contributed by atoms with Crippen LogP contribution in [0.3, 0.4) is 0 Å². The van der Waals surface area contributed by atoms with Crippen molar-refractivity contribution >= 4 is 33.3 Å². The highest BCUT2D eigenvalue weighted by Crippen LogP contribution is 2.26. The molecule has 0 aliphatic heterocycles. The summed E-state index contributed by atoms with van der Waals surface area (Å²) in [5.41, 5.74) is 5.88. The summed E-state index contributed by atoms with van der Waals surface area (Å²) in [5, 5.41) is 0.544. The Balaban J connectivity index is 3.01. The molecule has 0 fully saturated rings. The lowest BCUT2D eigenvalue weighted by Crippen LogP contribution is -2.08. The van der Waals surface area contributed by atoms with Crippen LogP contribution in [0.4, 0.5) is 0 Å². The standard InChI is InChI=1S/C9H9BrClNO/c10-9-6(8(13)4-5-12)2-1-3-7(9)11/h1-3H,4-5,12H2. The van der Waals surface area contributed by atoms with Crippen LogP contribution < -0.4 is 5.73 Å². The van der Waals surface area contributed by atoms with E-state index in [1.54, 1.807) is 18.2 Å². The zero-order chi connectivity index (χ0) is 9.84. The number of hydrogen-bond donors (Lipinski definition) is 1. The number of benzene rings is 1. The number of carbonyl (C=O) groups excluding carboxylic acids is 1. The average Bonchev–Trinajstić information content (AvgIpc) is 2.10. The average molecular weight is 263 g/mol. The van der Waals surface area contributed by atoms with E-state index in [-0.39, 0.29) is 5.78 Å². The van der Waals surface area contributed by atoms with Crippen molar-refractivity contribution in [2.45, 2.75) is 6.42 Å². The van der Waals surface area contributed by atoms with Crippen molar-refractivity contribution in [1.82, 2.24) is 0 Å². The molecule has 0 radical (unpaired) electrons. The van der Waals surface area contributed by atoms with Gasteiger partial charge in [-0.25, -0.2) is 0 Å². The topological polar surface area (TPSA) is 43.1 Å². The summed E-state index contributed by atoms with van der Waals surface area (Å²) < 4.78 is 0.648. The second kappa shape index (κ2) is 4.74. The molecule has 4 heteroatoms. The second-order valence-corrected chi connectivity index (χ2v) is 3.76. The molecule has 0 aromatic heterocycles. The van der Waals surface area contributed by atoms with Gasteiger partial charge in [-0.2, -0.15) is 0 Å². The predicted molar refractivity (Wildman–Crippen MR) is 57.2 cm³/mol. The quantitative estimate of drug-likeness (QED) is 0.851. The highest BCUT2D eigenvalue weighted by atomic mass is 79.9. The molecule has 2 nitrogen and oxygen atoms in total. The fraction of sp³-hybridized carbons (Fsp3) is 0.222. The van der Waals surface area contributed by atoms with E-state index in [1.807, 2.05) is 0 Å². The van der Waals surface area contributed by atoms with Gasteiger partial charge < -0.3 is 5.73 Å². The van der Waals surface area contributed by atoms with Gasteiger partial charge >= 0.3 is 0 Å². The number of carbonyl (C=O) groups is 1. The van der Waals surface area contributed by atoms with Crippen LogP contribution in [0.5, 0.6) is 0 Å². The lowest BCUT2D eigenvalue weighted by molar-refractivity contribution is 0.0984. The van der Waals surface area contributed by atoms with Gasteiger partial charge in [-0.1, -0.05) is 23.7 Å². The Morgan fingerprint density at radius 1 is 1.54 bits per heavy atom. The summed E-state index contributed by atoms with van der Waals surface area (Å²) in [5.74, 6) is 0.0110. The Bertz CT molecular complexity index is 327. The first kappa shape index (κ1) is 10.7. The van der Waals surface area contributed by atoms with Crippen molar-refractivity contribution in [1.29, 1.82) is 0 Å². The molecule has 1 aromatic carbocycles. The monoisotopic (exact) mass is 261 g/mol. The third-order valence-electron chi connectivity index (χ3n) is 1.62. The van der Waals surface area contributed by atoms with E-state index in [0.29, 0.717) is 28.0 Å². The van der Waals surface area contributed by atoms with Crippen LogP contribution in [0, 0.1) is 0 Å². The summed E-state index contributed by atoms with van der Waals surface area (Å²) in [6.07, 6.45) is 0.346. The number of nitrogens with two attached hydrogens (primary N) is 1. The molecule has 0 aliphatic carbocycles. The molecule has 0 amide bonds. The van der Waals surface area contributed by atoms with E-state index in [4.69, 9.17) is 17.3 Å². The number of Topliss-reactive ketones (excluding diaryl/α,β-unsaturated/α-hetero) is 1. The SMILES string of the molecule is NCCC(=O)c1cccc(Cl)c1Br. The van der Waals surface area contributed by atoms with Gasteiger partial charge in [-0.3, -0.25) is 4.79 Å². The fourth-order valence-electron chi connectivity index (χ4n) is 0.985. The number of halogens is 2. The minimum absolute atomic E-state index is 0.0110. The minimum atomic E-state index is 0.0110. The normalized spacial score (nSPS) is 10.1. The molecule has 1 rings (SSSR count). The first-order chi connectivity index (χ1) is 6.16. The molecule has 0 atom stereocenters. The molecular weight excluding hydrogens is 253 g/mol. The van der Waals surface area contributed by atoms with Gasteiger partial charge in [0.15, 0.2) is 5.78 Å². The van der Waals surface area contributed by atoms with Crippen LogP contribution in [0.25, 0.3) is 0 Å². The summed E-state index contributed by atoms with van der Waals surface area (Å²) in [7, 11) is 0. The van der Waals surface area contributed by atoms with E-state index in [0.717, 1.165) is 0 Å². The van der Waals surface area contributed by atoms with E-state index in [2.05, 4.69) is 15.9 Å². The number of ketones is 1. The van der Waals surface area contributed by atoms with Crippen LogP contribution in [0.15, 0.2) is 22.7 Å². The van der Waals surface area contributed by atoms with Gasteiger partial charge in [0.05, 0.1) is 5.02 Å². The van der Waals surface area contributed by atoms with Crippen LogP contribution in [0.1, 0.15) is 16.8 Å². The molecule has 70 valence electrons. The first-order valence-corrected chi connectivity index (χ1v) is 5.01. The third kappa shape index (κ3) is 2.53. The Morgan fingerprint density at radius 2 is 2.23 bits per heavy atom. The Hall–Kier alpha value is -0.380. The van der Waals surface area contributed by atoms with E-state index < -0.39 is 0 Å². The largest absolute Gasteiger partial charge is 0.330 e. The predicted octanol–water partition coefficient (Wildman–Crippen LogP) is 2.63. The fourth-order valence-corrected chi connectivity index (χ4v) is 1.64. The van der Waals surface area contributed by atoms with Crippen LogP contribution >= 0.6 is 27.5 Å². The molecular formula is C9H9BrClNO. The number of hydrogen-bond acceptors (Lipinski definition) is 2. The maximum Gasteiger partial charge on any atom is 0.165 e. The van der Waals surface area contributed by atoms with Gasteiger partial charge in [0, 0.05) is 16.5 Å². The molecule has 0 saturated carbocycles. The molecule has 0 saturated heterocycles. The van der Waals surface area contributed by atoms with E-state index in [1.165, 1.54) is 0 Å². The van der Waals surface area contributed by atoms with Gasteiger partial charge in [-0.15, -0.1) is 0 Å². The van der Waals surface area contributed by atoms with Crippen LogP contribution in [-0.4, -0.2) is 12.3 Å². The van der Waals surface area contributed by atoms with Crippen molar-refractivity contribution in [2.75, 3.05) is 6.54 Å². The molecule has 0 heterocycles. The summed E-state index contributed by atoms with van der Waals surface area (Å²) in [6.45, 7) is 0.359. The highest BCUT2D eigenvalue weighted by Gasteiger charge is 2.10. The maximum absolute atomic E-state index is 11.4. The second-order valence-electron chi connectivity index (χ2n) is 2.56. The van der Waals surface area contributed by atoms with Crippen LogP contribution in [0.2, 0.25) is 5.02 Å². The van der Waals surface area contributed by atoms with E-state index >= 15 is 0 Å². The van der Waals surface area contributed by atoms with Crippen molar-refractivity contribution in [2.24, 2.45) is 5.73 Å². The van der Waals surface area contributed by atoms with Gasteiger partial charge in [0.25, 0.3) is 0 Å². The minimum Gasteiger partial charge on any atom is -0.330 e. The molecule has 0 aliphatic rings. The Morgan fingerprint density at radius 3 is 2.85 bits per heavy atom. The first-order valence-electron chi connectivity index (χ1n) is 3.84. The molecule has 1 aromatic rings. The van der Waals surface area contributed by atoms with Crippen molar-refractivity contribution in [3.05, 3.63) is 33.3 Å². The molecule has 13 heavy (non-hydrogen) atoms. The van der Waals surface area contributed by atoms with Gasteiger partial charge in [0.1, 0.15) is 0 Å². The van der Waals surface area contributed by atoms with Gasteiger partial charge in [-0.05, 0) is 28.5 Å². The van der Waals surface area contributed by atoms with Crippen LogP contribution in [-0.2, 0) is 0 Å². The molecule has 0 spiro atoms. The summed E-state index contributed by atoms with van der Waals surface area (Å²) >= 11 is 9.08. The maximum atomic E-state index is 11.4. The van der Waals surface area contributed by atoms with Crippen molar-refractivity contribution in [3.63, 3.8) is 0 Å². The Labute approximate surface area is 90.2 Å². The lowest BCUT2D eigenvalue weighted by atomic mass is 10.1. The third-order valence-corrected chi connectivity index (χ3v) is 3.02. The zero-order valence-corrected chi connectivity index (χ0v) is 9.23. The summed E-state index contributed by atoms with van der Waals surface area (Å²) in [6, 6.07) is 5.20.